The Labute approximate surface area is 168 Å². The molecule has 0 spiro atoms. The minimum atomic E-state index is -1.08. The summed E-state index contributed by atoms with van der Waals surface area (Å²) in [6.45, 7) is 0.494. The van der Waals surface area contributed by atoms with E-state index >= 15 is 0 Å². The summed E-state index contributed by atoms with van der Waals surface area (Å²) in [5.41, 5.74) is 11.7. The fraction of sp³-hybridized carbons (Fsp3) is 0.333. The number of unbranched alkanes of at least 4 members (excludes halogenated alkanes) is 1. The number of benzene rings is 1. The number of phenols is 1. The van der Waals surface area contributed by atoms with Crippen molar-refractivity contribution in [3.8, 4) is 5.75 Å². The third-order valence-corrected chi connectivity index (χ3v) is 4.53. The topological polar surface area (TPSA) is 153 Å². The number of nitrogens with two attached hydrogens (primary N) is 2. The van der Waals surface area contributed by atoms with E-state index in [1.54, 1.807) is 12.1 Å². The largest absolute Gasteiger partial charge is 0.508 e. The first-order chi connectivity index (χ1) is 13.8. The fourth-order valence-electron chi connectivity index (χ4n) is 2.88. The molecule has 1 aromatic carbocycles. The maximum Gasteiger partial charge on any atom is 0.237 e. The van der Waals surface area contributed by atoms with Gasteiger partial charge in [0, 0.05) is 12.5 Å². The highest BCUT2D eigenvalue weighted by molar-refractivity contribution is 6.31. The first-order valence-electron chi connectivity index (χ1n) is 9.38. The van der Waals surface area contributed by atoms with Crippen molar-refractivity contribution >= 4 is 23.3 Å². The van der Waals surface area contributed by atoms with E-state index in [4.69, 9.17) is 11.5 Å². The summed E-state index contributed by atoms with van der Waals surface area (Å²) in [5, 5.41) is 12.0. The lowest BCUT2D eigenvalue weighted by Gasteiger charge is -2.21. The van der Waals surface area contributed by atoms with Gasteiger partial charge in [-0.05, 0) is 49.2 Å². The molecule has 1 aromatic rings. The summed E-state index contributed by atoms with van der Waals surface area (Å²) in [6, 6.07) is 4.20. The second kappa shape index (κ2) is 10.4. The molecule has 0 saturated carbocycles. The molecule has 2 unspecified atom stereocenters. The summed E-state index contributed by atoms with van der Waals surface area (Å²) in [7, 11) is 0. The van der Waals surface area contributed by atoms with Crippen LogP contribution in [0.5, 0.6) is 5.75 Å². The van der Waals surface area contributed by atoms with Crippen LogP contribution in [0.2, 0.25) is 0 Å². The Balaban J connectivity index is 2.19. The highest BCUT2D eigenvalue weighted by atomic mass is 16.3. The van der Waals surface area contributed by atoms with E-state index in [9.17, 15) is 24.3 Å². The lowest BCUT2D eigenvalue weighted by Crippen LogP contribution is -2.50. The Morgan fingerprint density at radius 1 is 1.07 bits per heavy atom. The fourth-order valence-corrected chi connectivity index (χ4v) is 2.88. The van der Waals surface area contributed by atoms with E-state index < -0.39 is 35.3 Å². The van der Waals surface area contributed by atoms with Crippen molar-refractivity contribution in [3.63, 3.8) is 0 Å². The van der Waals surface area contributed by atoms with Gasteiger partial charge in [-0.15, -0.1) is 0 Å². The van der Waals surface area contributed by atoms with Crippen molar-refractivity contribution in [1.29, 1.82) is 0 Å². The number of allylic oxidation sites excluding steroid dienone is 3. The van der Waals surface area contributed by atoms with Crippen LogP contribution in [0.1, 0.15) is 24.8 Å². The number of aromatic hydroxyl groups is 1. The van der Waals surface area contributed by atoms with Crippen LogP contribution in [0.15, 0.2) is 48.1 Å². The summed E-state index contributed by atoms with van der Waals surface area (Å²) < 4.78 is 0. The van der Waals surface area contributed by atoms with E-state index in [1.165, 1.54) is 12.1 Å². The van der Waals surface area contributed by atoms with Gasteiger partial charge in [-0.3, -0.25) is 19.2 Å². The molecule has 6 N–H and O–H groups in total. The summed E-state index contributed by atoms with van der Waals surface area (Å²) in [6.07, 6.45) is 4.97. The molecular weight excluding hydrogens is 374 g/mol. The zero-order valence-electron chi connectivity index (χ0n) is 16.0. The van der Waals surface area contributed by atoms with Crippen molar-refractivity contribution in [3.05, 3.63) is 53.6 Å². The summed E-state index contributed by atoms with van der Waals surface area (Å²) in [4.78, 5) is 49.1. The van der Waals surface area contributed by atoms with Crippen molar-refractivity contribution in [2.45, 2.75) is 37.8 Å². The molecule has 0 bridgehead atoms. The molecule has 154 valence electrons. The smallest absolute Gasteiger partial charge is 0.237 e. The standard InChI is InChI=1S/C21H25N3O5/c22-10-2-1-3-17(23)21(29)24-18(11-13-4-6-14(25)7-5-13)20(28)16-12-15(26)8-9-19(16)27/h4-9,12,17-18,25H,1-3,10-11,22-23H2,(H,24,29). The van der Waals surface area contributed by atoms with Crippen LogP contribution in [0.3, 0.4) is 0 Å². The Morgan fingerprint density at radius 2 is 1.76 bits per heavy atom. The lowest BCUT2D eigenvalue weighted by molar-refractivity contribution is -0.128. The van der Waals surface area contributed by atoms with E-state index in [2.05, 4.69) is 5.32 Å². The van der Waals surface area contributed by atoms with Crippen LogP contribution >= 0.6 is 0 Å². The number of rotatable bonds is 10. The second-order valence-corrected chi connectivity index (χ2v) is 6.84. The molecule has 2 rings (SSSR count). The molecule has 0 heterocycles. The Kier molecular flexibility index (Phi) is 7.99. The van der Waals surface area contributed by atoms with Crippen molar-refractivity contribution < 1.29 is 24.3 Å². The van der Waals surface area contributed by atoms with Crippen LogP contribution in [-0.2, 0) is 25.6 Å². The van der Waals surface area contributed by atoms with Gasteiger partial charge in [-0.25, -0.2) is 0 Å². The molecular formula is C21H25N3O5. The van der Waals surface area contributed by atoms with Gasteiger partial charge in [0.2, 0.25) is 5.91 Å². The van der Waals surface area contributed by atoms with E-state index in [0.717, 1.165) is 24.6 Å². The Morgan fingerprint density at radius 3 is 2.41 bits per heavy atom. The monoisotopic (exact) mass is 399 g/mol. The van der Waals surface area contributed by atoms with Gasteiger partial charge in [-0.2, -0.15) is 0 Å². The van der Waals surface area contributed by atoms with Crippen molar-refractivity contribution in [2.75, 3.05) is 6.54 Å². The molecule has 0 aliphatic heterocycles. The molecule has 1 amide bonds. The molecule has 0 saturated heterocycles. The Bertz CT molecular complexity index is 842. The SMILES string of the molecule is NCCCCC(N)C(=O)NC(Cc1ccc(O)cc1)C(=O)C1=CC(=O)C=CC1=O. The molecule has 1 aliphatic carbocycles. The van der Waals surface area contributed by atoms with E-state index in [1.807, 2.05) is 0 Å². The normalized spacial score (nSPS) is 15.6. The average Bonchev–Trinajstić information content (AvgIpc) is 2.70. The van der Waals surface area contributed by atoms with Crippen LogP contribution in [0.25, 0.3) is 0 Å². The van der Waals surface area contributed by atoms with Gasteiger partial charge in [-0.1, -0.05) is 18.6 Å². The number of phenolic OH excluding ortho intramolecular Hbond substituents is 1. The lowest BCUT2D eigenvalue weighted by atomic mass is 9.92. The van der Waals surface area contributed by atoms with Crippen LogP contribution in [0, 0.1) is 0 Å². The third-order valence-electron chi connectivity index (χ3n) is 4.53. The second-order valence-electron chi connectivity index (χ2n) is 6.84. The number of Topliss-reactive ketones (excluding diaryl/α,β-unsaturated/α-hetero) is 1. The van der Waals surface area contributed by atoms with Gasteiger partial charge in [0.25, 0.3) is 0 Å². The van der Waals surface area contributed by atoms with Gasteiger partial charge in [0.15, 0.2) is 17.3 Å². The number of hydrogen-bond acceptors (Lipinski definition) is 7. The molecule has 8 nitrogen and oxygen atoms in total. The molecule has 8 heteroatoms. The molecule has 29 heavy (non-hydrogen) atoms. The Hall–Kier alpha value is -3.10. The zero-order valence-corrected chi connectivity index (χ0v) is 16.0. The average molecular weight is 399 g/mol. The molecule has 1 aliphatic rings. The molecule has 2 atom stereocenters. The van der Waals surface area contributed by atoms with Crippen molar-refractivity contribution in [1.82, 2.24) is 5.32 Å². The third kappa shape index (κ3) is 6.48. The molecule has 0 aromatic heterocycles. The number of amides is 1. The van der Waals surface area contributed by atoms with Gasteiger partial charge < -0.3 is 21.9 Å². The number of carbonyl (C=O) groups excluding carboxylic acids is 4. The van der Waals surface area contributed by atoms with Crippen LogP contribution < -0.4 is 16.8 Å². The summed E-state index contributed by atoms with van der Waals surface area (Å²) >= 11 is 0. The maximum absolute atomic E-state index is 12.9. The predicted octanol–water partition coefficient (Wildman–Crippen LogP) is 0.0793. The molecule has 0 fully saturated rings. The van der Waals surface area contributed by atoms with Gasteiger partial charge in [0.1, 0.15) is 5.75 Å². The first kappa shape index (κ1) is 22.2. The highest BCUT2D eigenvalue weighted by Gasteiger charge is 2.30. The minimum Gasteiger partial charge on any atom is -0.508 e. The first-order valence-corrected chi connectivity index (χ1v) is 9.38. The predicted molar refractivity (Wildman–Crippen MR) is 107 cm³/mol. The maximum atomic E-state index is 12.9. The molecule has 0 radical (unpaired) electrons. The quantitative estimate of drug-likeness (QED) is 0.247. The van der Waals surface area contributed by atoms with E-state index in [0.29, 0.717) is 24.9 Å². The number of hydrogen-bond donors (Lipinski definition) is 4. The number of carbonyl (C=O) groups is 4. The summed E-state index contributed by atoms with van der Waals surface area (Å²) in [5.74, 6) is -2.19. The van der Waals surface area contributed by atoms with Crippen molar-refractivity contribution in [2.24, 2.45) is 11.5 Å². The van der Waals surface area contributed by atoms with E-state index in [-0.39, 0.29) is 17.7 Å². The zero-order chi connectivity index (χ0) is 21.4. The van der Waals surface area contributed by atoms with Crippen LogP contribution in [0.4, 0.5) is 0 Å². The minimum absolute atomic E-state index is 0.0588. The van der Waals surface area contributed by atoms with Gasteiger partial charge in [0.05, 0.1) is 17.7 Å². The van der Waals surface area contributed by atoms with Gasteiger partial charge >= 0.3 is 0 Å². The highest BCUT2D eigenvalue weighted by Crippen LogP contribution is 2.15. The number of nitrogens with one attached hydrogen (secondary N) is 1. The number of ketones is 3. The van der Waals surface area contributed by atoms with Crippen LogP contribution in [-0.4, -0.2) is 47.0 Å².